The normalized spacial score (nSPS) is 9.50. The number of hydrogen-bond donors (Lipinski definition) is 0. The van der Waals surface area contributed by atoms with E-state index in [0.717, 1.165) is 25.7 Å². The summed E-state index contributed by atoms with van der Waals surface area (Å²) in [5.41, 5.74) is 0. The molecule has 4 heteroatoms. The summed E-state index contributed by atoms with van der Waals surface area (Å²) < 4.78 is 0. The zero-order valence-electron chi connectivity index (χ0n) is 7.88. The van der Waals surface area contributed by atoms with E-state index in [1.54, 1.807) is 0 Å². The molecule has 0 heterocycles. The van der Waals surface area contributed by atoms with Crippen LogP contribution in [0.25, 0.3) is 0 Å². The maximum Gasteiger partial charge on any atom is 0.0853 e. The van der Waals surface area contributed by atoms with Gasteiger partial charge in [0.15, 0.2) is 0 Å². The Labute approximate surface area is 73.2 Å². The van der Waals surface area contributed by atoms with E-state index in [9.17, 15) is 0 Å². The second kappa shape index (κ2) is 13.4. The first-order valence-corrected chi connectivity index (χ1v) is 4.32. The summed E-state index contributed by atoms with van der Waals surface area (Å²) in [5, 5.41) is 4.44. The van der Waals surface area contributed by atoms with Gasteiger partial charge in [-0.05, 0) is 12.8 Å². The summed E-state index contributed by atoms with van der Waals surface area (Å²) >= 11 is 0. The van der Waals surface area contributed by atoms with Gasteiger partial charge in [0.05, 0.1) is 13.2 Å². The number of halogens is 1. The van der Waals surface area contributed by atoms with Gasteiger partial charge in [-0.15, -0.1) is 0 Å². The van der Waals surface area contributed by atoms with Crippen LogP contribution in [-0.2, 0) is 14.8 Å². The van der Waals surface area contributed by atoms with Crippen LogP contribution in [0.3, 0.4) is 0 Å². The molecule has 0 saturated heterocycles. The molecule has 0 bridgehead atoms. The van der Waals surface area contributed by atoms with Crippen LogP contribution >= 0.6 is 0 Å². The molecular formula is C8H19FO3. The lowest BCUT2D eigenvalue weighted by Crippen LogP contribution is -1.99. The molecule has 0 aromatic heterocycles. The average Bonchev–Trinajstić information content (AvgIpc) is 2.03. The van der Waals surface area contributed by atoms with Crippen LogP contribution < -0.4 is 0 Å². The number of rotatable bonds is 8. The summed E-state index contributed by atoms with van der Waals surface area (Å²) in [4.78, 5) is 9.40. The van der Waals surface area contributed by atoms with Crippen molar-refractivity contribution in [3.63, 3.8) is 0 Å². The van der Waals surface area contributed by atoms with Gasteiger partial charge < -0.3 is 0 Å². The first-order valence-electron chi connectivity index (χ1n) is 4.32. The van der Waals surface area contributed by atoms with Crippen LogP contribution in [0.4, 0.5) is 4.70 Å². The van der Waals surface area contributed by atoms with E-state index >= 15 is 0 Å². The number of hydrogen-bond acceptors (Lipinski definition) is 3. The Morgan fingerprint density at radius 2 is 1.25 bits per heavy atom. The van der Waals surface area contributed by atoms with Crippen LogP contribution in [0.5, 0.6) is 0 Å². The number of unbranched alkanes of at least 4 members (excludes halogenated alkanes) is 2. The van der Waals surface area contributed by atoms with Gasteiger partial charge in [0.2, 0.25) is 0 Å². The fraction of sp³-hybridized carbons (Fsp3) is 1.00. The van der Waals surface area contributed by atoms with Crippen molar-refractivity contribution in [1.29, 1.82) is 0 Å². The van der Waals surface area contributed by atoms with Crippen molar-refractivity contribution in [2.45, 2.75) is 39.5 Å². The van der Waals surface area contributed by atoms with E-state index in [4.69, 9.17) is 9.78 Å². The molecule has 0 rings (SSSR count). The van der Waals surface area contributed by atoms with Crippen LogP contribution in [0, 0.1) is 0 Å². The third-order valence-electron chi connectivity index (χ3n) is 1.26. The first-order chi connectivity index (χ1) is 5.41. The quantitative estimate of drug-likeness (QED) is 0.328. The largest absolute Gasteiger partial charge is 0.269 e. The van der Waals surface area contributed by atoms with Crippen molar-refractivity contribution in [3.05, 3.63) is 0 Å². The van der Waals surface area contributed by atoms with Gasteiger partial charge in [0, 0.05) is 0 Å². The fourth-order valence-corrected chi connectivity index (χ4v) is 0.509. The molecule has 0 unspecified atom stereocenters. The summed E-state index contributed by atoms with van der Waals surface area (Å²) in [7, 11) is 0. The van der Waals surface area contributed by atoms with Gasteiger partial charge in [-0.2, -0.15) is 0 Å². The second-order valence-electron chi connectivity index (χ2n) is 2.42. The van der Waals surface area contributed by atoms with Gasteiger partial charge in [0.1, 0.15) is 0 Å². The Balaban J connectivity index is 0. The van der Waals surface area contributed by atoms with Crippen molar-refractivity contribution in [2.24, 2.45) is 0 Å². The zero-order valence-corrected chi connectivity index (χ0v) is 7.88. The summed E-state index contributed by atoms with van der Waals surface area (Å²) in [6.45, 7) is 5.42. The maximum absolute atomic E-state index is 4.70. The van der Waals surface area contributed by atoms with Crippen molar-refractivity contribution in [1.82, 2.24) is 0 Å². The minimum Gasteiger partial charge on any atom is -0.269 e. The summed E-state index contributed by atoms with van der Waals surface area (Å²) in [5.74, 6) is 0. The van der Waals surface area contributed by atoms with E-state index in [0.29, 0.717) is 13.2 Å². The molecular weight excluding hydrogens is 163 g/mol. The van der Waals surface area contributed by atoms with Crippen molar-refractivity contribution >= 4 is 0 Å². The standard InChI is InChI=1S/C8H18O3.FH/c1-3-5-7-9-11-10-8-6-4-2;/h3-8H2,1-2H3;1H. The highest BCUT2D eigenvalue weighted by atomic mass is 19.0. The fourth-order valence-electron chi connectivity index (χ4n) is 0.509. The molecule has 0 aliphatic carbocycles. The van der Waals surface area contributed by atoms with Crippen LogP contribution in [0.15, 0.2) is 0 Å². The zero-order chi connectivity index (χ0) is 8.36. The SMILES string of the molecule is CCCCOOOCCCC.F. The first kappa shape index (κ1) is 14.3. The van der Waals surface area contributed by atoms with Crippen LogP contribution in [-0.4, -0.2) is 13.2 Å². The van der Waals surface area contributed by atoms with E-state index in [2.05, 4.69) is 18.9 Å². The maximum atomic E-state index is 4.70. The van der Waals surface area contributed by atoms with E-state index in [1.807, 2.05) is 0 Å². The lowest BCUT2D eigenvalue weighted by atomic mass is 10.4. The molecule has 0 aromatic rings. The summed E-state index contributed by atoms with van der Waals surface area (Å²) in [6, 6.07) is 0. The molecule has 0 aliphatic rings. The average molecular weight is 182 g/mol. The highest BCUT2D eigenvalue weighted by molar-refractivity contribution is 4.26. The molecule has 0 fully saturated rings. The Morgan fingerprint density at radius 3 is 1.58 bits per heavy atom. The van der Waals surface area contributed by atoms with Crippen molar-refractivity contribution in [3.8, 4) is 0 Å². The highest BCUT2D eigenvalue weighted by Gasteiger charge is 1.88. The monoisotopic (exact) mass is 182 g/mol. The van der Waals surface area contributed by atoms with Crippen LogP contribution in [0.2, 0.25) is 0 Å². The molecule has 0 amide bonds. The molecule has 0 spiro atoms. The molecule has 3 nitrogen and oxygen atoms in total. The third-order valence-corrected chi connectivity index (χ3v) is 1.26. The van der Waals surface area contributed by atoms with E-state index in [-0.39, 0.29) is 4.70 Å². The van der Waals surface area contributed by atoms with Crippen molar-refractivity contribution < 1.29 is 19.5 Å². The minimum atomic E-state index is 0. The predicted molar refractivity (Wildman–Crippen MR) is 45.3 cm³/mol. The lowest BCUT2D eigenvalue weighted by molar-refractivity contribution is -0.512. The summed E-state index contributed by atoms with van der Waals surface area (Å²) in [6.07, 6.45) is 4.24. The highest BCUT2D eigenvalue weighted by Crippen LogP contribution is 1.92. The molecule has 0 saturated carbocycles. The molecule has 76 valence electrons. The second-order valence-corrected chi connectivity index (χ2v) is 2.42. The third kappa shape index (κ3) is 12.5. The van der Waals surface area contributed by atoms with Gasteiger partial charge in [-0.1, -0.05) is 31.7 Å². The van der Waals surface area contributed by atoms with Crippen molar-refractivity contribution in [2.75, 3.05) is 13.2 Å². The topological polar surface area (TPSA) is 27.7 Å². The Morgan fingerprint density at radius 1 is 0.833 bits per heavy atom. The lowest BCUT2D eigenvalue weighted by Gasteiger charge is -2.00. The van der Waals surface area contributed by atoms with Crippen LogP contribution in [0.1, 0.15) is 39.5 Å². The predicted octanol–water partition coefficient (Wildman–Crippen LogP) is 2.62. The Kier molecular flexibility index (Phi) is 16.0. The molecule has 12 heavy (non-hydrogen) atoms. The van der Waals surface area contributed by atoms with Gasteiger partial charge >= 0.3 is 0 Å². The van der Waals surface area contributed by atoms with E-state index < -0.39 is 0 Å². The minimum absolute atomic E-state index is 0. The molecule has 0 atom stereocenters. The molecule has 0 radical (unpaired) electrons. The van der Waals surface area contributed by atoms with E-state index in [1.165, 1.54) is 0 Å². The van der Waals surface area contributed by atoms with Gasteiger partial charge in [0.25, 0.3) is 0 Å². The Bertz CT molecular complexity index is 63.3. The van der Waals surface area contributed by atoms with Gasteiger partial charge in [-0.3, -0.25) is 4.70 Å². The Hall–Kier alpha value is -0.190. The molecule has 0 aliphatic heterocycles. The molecule has 0 N–H and O–H groups in total. The molecule has 0 aromatic carbocycles. The smallest absolute Gasteiger partial charge is 0.0853 e. The van der Waals surface area contributed by atoms with Gasteiger partial charge in [-0.25, -0.2) is 9.78 Å².